The Balaban J connectivity index is 2.57. The van der Waals surface area contributed by atoms with E-state index in [1.54, 1.807) is 18.2 Å². The highest BCUT2D eigenvalue weighted by Gasteiger charge is 2.10. The summed E-state index contributed by atoms with van der Waals surface area (Å²) in [7, 11) is 0. The summed E-state index contributed by atoms with van der Waals surface area (Å²) in [6.45, 7) is 3.41. The molecule has 1 rings (SSSR count). The second-order valence-electron chi connectivity index (χ2n) is 3.43. The summed E-state index contributed by atoms with van der Waals surface area (Å²) in [6.07, 6.45) is 0. The van der Waals surface area contributed by atoms with Crippen molar-refractivity contribution in [2.24, 2.45) is 0 Å². The van der Waals surface area contributed by atoms with Crippen LogP contribution in [0.25, 0.3) is 0 Å². The van der Waals surface area contributed by atoms with E-state index in [1.165, 1.54) is 6.92 Å². The van der Waals surface area contributed by atoms with Crippen LogP contribution in [-0.4, -0.2) is 17.2 Å². The van der Waals surface area contributed by atoms with Gasteiger partial charge in [-0.1, -0.05) is 17.7 Å². The summed E-state index contributed by atoms with van der Waals surface area (Å²) >= 11 is 5.52. The number of carbonyl (C=O) groups excluding carboxylic acids is 2. The molecular formula is C11H13ClN2O2. The molecule has 0 radical (unpaired) electrons. The lowest BCUT2D eigenvalue weighted by atomic mass is 10.1. The van der Waals surface area contributed by atoms with E-state index in [2.05, 4.69) is 10.9 Å². The maximum atomic E-state index is 11.6. The molecule has 0 fully saturated rings. The molecule has 2 N–H and O–H groups in total. The molecule has 0 aliphatic carbocycles. The van der Waals surface area contributed by atoms with Gasteiger partial charge in [0.05, 0.1) is 0 Å². The Bertz CT molecular complexity index is 405. The van der Waals surface area contributed by atoms with Crippen molar-refractivity contribution in [3.05, 3.63) is 35.4 Å². The molecule has 0 bridgehead atoms. The van der Waals surface area contributed by atoms with Crippen molar-refractivity contribution in [2.75, 3.05) is 0 Å². The van der Waals surface area contributed by atoms with Crippen LogP contribution in [0.4, 0.5) is 0 Å². The van der Waals surface area contributed by atoms with Gasteiger partial charge in [0, 0.05) is 5.56 Å². The normalized spacial score (nSPS) is 11.7. The highest BCUT2D eigenvalue weighted by Crippen LogP contribution is 2.03. The third-order valence-electron chi connectivity index (χ3n) is 1.94. The minimum Gasteiger partial charge on any atom is -0.272 e. The fourth-order valence-electron chi connectivity index (χ4n) is 1.08. The molecule has 0 unspecified atom stereocenters. The zero-order chi connectivity index (χ0) is 12.1. The Kier molecular flexibility index (Phi) is 4.31. The number of aryl methyl sites for hydroxylation is 1. The quantitative estimate of drug-likeness (QED) is 0.606. The number of carbonyl (C=O) groups is 2. The zero-order valence-electron chi connectivity index (χ0n) is 9.08. The van der Waals surface area contributed by atoms with Crippen molar-refractivity contribution >= 4 is 23.4 Å². The first-order valence-electron chi connectivity index (χ1n) is 4.81. The van der Waals surface area contributed by atoms with Crippen LogP contribution in [-0.2, 0) is 4.79 Å². The predicted molar refractivity (Wildman–Crippen MR) is 62.1 cm³/mol. The first-order valence-corrected chi connectivity index (χ1v) is 5.25. The minimum absolute atomic E-state index is 0.366. The van der Waals surface area contributed by atoms with Crippen LogP contribution in [0, 0.1) is 6.92 Å². The summed E-state index contributed by atoms with van der Waals surface area (Å²) in [6, 6.07) is 7.05. The molecule has 0 aromatic heterocycles. The second kappa shape index (κ2) is 5.51. The van der Waals surface area contributed by atoms with Crippen molar-refractivity contribution in [3.63, 3.8) is 0 Å². The third kappa shape index (κ3) is 3.55. The standard InChI is InChI=1S/C11H13ClN2O2/c1-7-4-3-5-9(6-7)11(16)14-13-10(15)8(2)12/h3-6,8H,1-2H3,(H,13,15)(H,14,16)/t8-/m1/s1. The number of rotatable bonds is 2. The average molecular weight is 241 g/mol. The van der Waals surface area contributed by atoms with E-state index in [0.717, 1.165) is 5.56 Å². The molecule has 86 valence electrons. The average Bonchev–Trinajstić information content (AvgIpc) is 2.25. The maximum absolute atomic E-state index is 11.6. The fourth-order valence-corrected chi connectivity index (χ4v) is 1.13. The van der Waals surface area contributed by atoms with Gasteiger partial charge in [-0.15, -0.1) is 11.6 Å². The Morgan fingerprint density at radius 3 is 2.56 bits per heavy atom. The summed E-state index contributed by atoms with van der Waals surface area (Å²) in [5.74, 6) is -0.808. The van der Waals surface area contributed by atoms with Crippen LogP contribution in [0.5, 0.6) is 0 Å². The third-order valence-corrected chi connectivity index (χ3v) is 2.14. The van der Waals surface area contributed by atoms with Crippen LogP contribution in [0.15, 0.2) is 24.3 Å². The molecule has 1 aromatic carbocycles. The van der Waals surface area contributed by atoms with Crippen LogP contribution in [0.1, 0.15) is 22.8 Å². The van der Waals surface area contributed by atoms with Gasteiger partial charge >= 0.3 is 0 Å². The Morgan fingerprint density at radius 2 is 2.00 bits per heavy atom. The molecule has 0 spiro atoms. The molecule has 0 aliphatic rings. The van der Waals surface area contributed by atoms with E-state index in [9.17, 15) is 9.59 Å². The summed E-state index contributed by atoms with van der Waals surface area (Å²) in [4.78, 5) is 22.6. The van der Waals surface area contributed by atoms with E-state index >= 15 is 0 Å². The lowest BCUT2D eigenvalue weighted by Crippen LogP contribution is -2.44. The number of hydrogen-bond donors (Lipinski definition) is 2. The smallest absolute Gasteiger partial charge is 0.269 e. The molecule has 5 heteroatoms. The van der Waals surface area contributed by atoms with E-state index in [-0.39, 0.29) is 5.91 Å². The van der Waals surface area contributed by atoms with Crippen LogP contribution in [0.2, 0.25) is 0 Å². The minimum atomic E-state index is -0.683. The topological polar surface area (TPSA) is 58.2 Å². The SMILES string of the molecule is Cc1cccc(C(=O)NNC(=O)[C@@H](C)Cl)c1. The molecule has 4 nitrogen and oxygen atoms in total. The summed E-state index contributed by atoms with van der Waals surface area (Å²) in [5, 5.41) is -0.683. The number of hydrazine groups is 1. The predicted octanol–water partition coefficient (Wildman–Crippen LogP) is 1.38. The summed E-state index contributed by atoms with van der Waals surface area (Å²) in [5.41, 5.74) is 5.98. The van der Waals surface area contributed by atoms with E-state index < -0.39 is 11.3 Å². The largest absolute Gasteiger partial charge is 0.272 e. The molecular weight excluding hydrogens is 228 g/mol. The van der Waals surface area contributed by atoms with Crippen molar-refractivity contribution in [2.45, 2.75) is 19.2 Å². The molecule has 0 heterocycles. The number of nitrogens with one attached hydrogen (secondary N) is 2. The monoisotopic (exact) mass is 240 g/mol. The van der Waals surface area contributed by atoms with Gasteiger partial charge in [0.2, 0.25) is 0 Å². The molecule has 0 saturated carbocycles. The van der Waals surface area contributed by atoms with Gasteiger partial charge in [0.15, 0.2) is 0 Å². The first kappa shape index (κ1) is 12.5. The van der Waals surface area contributed by atoms with Gasteiger partial charge in [0.1, 0.15) is 5.38 Å². The van der Waals surface area contributed by atoms with Gasteiger partial charge in [0.25, 0.3) is 11.8 Å². The lowest BCUT2D eigenvalue weighted by Gasteiger charge is -2.08. The Labute approximate surface area is 99.0 Å². The highest BCUT2D eigenvalue weighted by molar-refractivity contribution is 6.30. The van der Waals surface area contributed by atoms with Crippen molar-refractivity contribution in [3.8, 4) is 0 Å². The second-order valence-corrected chi connectivity index (χ2v) is 4.08. The van der Waals surface area contributed by atoms with Gasteiger partial charge in [-0.25, -0.2) is 0 Å². The Hall–Kier alpha value is -1.55. The number of halogens is 1. The fraction of sp³-hybridized carbons (Fsp3) is 0.273. The van der Waals surface area contributed by atoms with E-state index in [1.807, 2.05) is 13.0 Å². The Morgan fingerprint density at radius 1 is 1.31 bits per heavy atom. The molecule has 1 atom stereocenters. The molecule has 1 aromatic rings. The molecule has 0 saturated heterocycles. The number of hydrogen-bond acceptors (Lipinski definition) is 2. The first-order chi connectivity index (χ1) is 7.50. The summed E-state index contributed by atoms with van der Waals surface area (Å²) < 4.78 is 0. The van der Waals surface area contributed by atoms with Crippen molar-refractivity contribution in [1.29, 1.82) is 0 Å². The number of alkyl halides is 1. The van der Waals surface area contributed by atoms with E-state index in [0.29, 0.717) is 5.56 Å². The van der Waals surface area contributed by atoms with Gasteiger partial charge in [-0.2, -0.15) is 0 Å². The van der Waals surface area contributed by atoms with Gasteiger partial charge < -0.3 is 0 Å². The van der Waals surface area contributed by atoms with Crippen LogP contribution >= 0.6 is 11.6 Å². The number of benzene rings is 1. The van der Waals surface area contributed by atoms with Crippen molar-refractivity contribution < 1.29 is 9.59 Å². The highest BCUT2D eigenvalue weighted by atomic mass is 35.5. The lowest BCUT2D eigenvalue weighted by molar-refractivity contribution is -0.121. The maximum Gasteiger partial charge on any atom is 0.269 e. The van der Waals surface area contributed by atoms with Crippen LogP contribution in [0.3, 0.4) is 0 Å². The van der Waals surface area contributed by atoms with Gasteiger partial charge in [-0.3, -0.25) is 20.4 Å². The number of amides is 2. The zero-order valence-corrected chi connectivity index (χ0v) is 9.84. The van der Waals surface area contributed by atoms with Crippen molar-refractivity contribution in [1.82, 2.24) is 10.9 Å². The van der Waals surface area contributed by atoms with E-state index in [4.69, 9.17) is 11.6 Å². The molecule has 2 amide bonds. The van der Waals surface area contributed by atoms with Gasteiger partial charge in [-0.05, 0) is 26.0 Å². The molecule has 16 heavy (non-hydrogen) atoms. The van der Waals surface area contributed by atoms with Crippen LogP contribution < -0.4 is 10.9 Å². The molecule has 0 aliphatic heterocycles.